The van der Waals surface area contributed by atoms with Crippen LogP contribution in [0.2, 0.25) is 10.0 Å². The van der Waals surface area contributed by atoms with Crippen molar-refractivity contribution in [3.05, 3.63) is 63.9 Å². The Morgan fingerprint density at radius 2 is 1.82 bits per heavy atom. The molecule has 0 aliphatic heterocycles. The second-order valence-electron chi connectivity index (χ2n) is 4.65. The molecule has 0 bridgehead atoms. The van der Waals surface area contributed by atoms with Gasteiger partial charge in [-0.2, -0.15) is 0 Å². The maximum absolute atomic E-state index is 13.3. The van der Waals surface area contributed by atoms with Crippen molar-refractivity contribution < 1.29 is 14.3 Å². The average Bonchev–Trinajstić information content (AvgIpc) is 2.48. The number of fused-ring (bicyclic) bond motifs is 1. The fourth-order valence-electron chi connectivity index (χ4n) is 2.18. The van der Waals surface area contributed by atoms with E-state index in [9.17, 15) is 14.3 Å². The van der Waals surface area contributed by atoms with Crippen molar-refractivity contribution in [2.24, 2.45) is 0 Å². The first kappa shape index (κ1) is 14.8. The molecule has 0 atom stereocenters. The van der Waals surface area contributed by atoms with E-state index in [2.05, 4.69) is 4.98 Å². The van der Waals surface area contributed by atoms with Gasteiger partial charge in [0.15, 0.2) is 0 Å². The number of halogens is 3. The molecule has 3 rings (SSSR count). The van der Waals surface area contributed by atoms with E-state index in [0.717, 1.165) is 6.07 Å². The van der Waals surface area contributed by atoms with Crippen molar-refractivity contribution in [2.45, 2.75) is 0 Å². The Balaban J connectivity index is 2.29. The largest absolute Gasteiger partial charge is 0.478 e. The number of hydrogen-bond donors (Lipinski definition) is 1. The van der Waals surface area contributed by atoms with Gasteiger partial charge in [0.1, 0.15) is 5.82 Å². The SMILES string of the molecule is O=C(O)c1cc(-c2ccc(Cl)c(Cl)c2)nc2ccc(F)cc12. The lowest BCUT2D eigenvalue weighted by molar-refractivity contribution is 0.0699. The van der Waals surface area contributed by atoms with Crippen LogP contribution in [0.4, 0.5) is 4.39 Å². The molecule has 110 valence electrons. The van der Waals surface area contributed by atoms with Crippen LogP contribution in [0.25, 0.3) is 22.2 Å². The molecule has 6 heteroatoms. The smallest absolute Gasteiger partial charge is 0.336 e. The monoisotopic (exact) mass is 335 g/mol. The number of rotatable bonds is 2. The first-order chi connectivity index (χ1) is 10.5. The van der Waals surface area contributed by atoms with E-state index in [0.29, 0.717) is 26.8 Å². The van der Waals surface area contributed by atoms with Gasteiger partial charge >= 0.3 is 5.97 Å². The van der Waals surface area contributed by atoms with Crippen LogP contribution in [0, 0.1) is 5.82 Å². The molecule has 3 aromatic rings. The molecular formula is C16H8Cl2FNO2. The lowest BCUT2D eigenvalue weighted by atomic mass is 10.0. The number of pyridine rings is 1. The van der Waals surface area contributed by atoms with Crippen molar-refractivity contribution in [3.8, 4) is 11.3 Å². The van der Waals surface area contributed by atoms with Crippen molar-refractivity contribution in [1.29, 1.82) is 0 Å². The van der Waals surface area contributed by atoms with Gasteiger partial charge in [-0.15, -0.1) is 0 Å². The molecule has 0 fully saturated rings. The minimum Gasteiger partial charge on any atom is -0.478 e. The fraction of sp³-hybridized carbons (Fsp3) is 0. The van der Waals surface area contributed by atoms with Gasteiger partial charge in [0.05, 0.1) is 26.8 Å². The minimum atomic E-state index is -1.15. The molecular weight excluding hydrogens is 328 g/mol. The molecule has 1 heterocycles. The average molecular weight is 336 g/mol. The Morgan fingerprint density at radius 3 is 2.50 bits per heavy atom. The molecule has 0 radical (unpaired) electrons. The zero-order valence-corrected chi connectivity index (χ0v) is 12.5. The second kappa shape index (κ2) is 5.55. The number of carboxylic acids is 1. The summed E-state index contributed by atoms with van der Waals surface area (Å²) in [7, 11) is 0. The van der Waals surface area contributed by atoms with Gasteiger partial charge in [-0.25, -0.2) is 14.2 Å². The number of aromatic nitrogens is 1. The van der Waals surface area contributed by atoms with E-state index >= 15 is 0 Å². The van der Waals surface area contributed by atoms with E-state index in [4.69, 9.17) is 23.2 Å². The van der Waals surface area contributed by atoms with E-state index in [1.165, 1.54) is 18.2 Å². The topological polar surface area (TPSA) is 50.2 Å². The Bertz CT molecular complexity index is 912. The third-order valence-electron chi connectivity index (χ3n) is 3.22. The molecule has 1 aromatic heterocycles. The molecule has 3 nitrogen and oxygen atoms in total. The van der Waals surface area contributed by atoms with Crippen molar-refractivity contribution in [1.82, 2.24) is 4.98 Å². The molecule has 0 aliphatic carbocycles. The third kappa shape index (κ3) is 2.63. The molecule has 0 saturated carbocycles. The highest BCUT2D eigenvalue weighted by Gasteiger charge is 2.14. The summed E-state index contributed by atoms with van der Waals surface area (Å²) in [5.41, 5.74) is 1.42. The van der Waals surface area contributed by atoms with Crippen LogP contribution in [0.1, 0.15) is 10.4 Å². The summed E-state index contributed by atoms with van der Waals surface area (Å²) in [6.45, 7) is 0. The van der Waals surface area contributed by atoms with Gasteiger partial charge in [-0.1, -0.05) is 29.3 Å². The molecule has 22 heavy (non-hydrogen) atoms. The highest BCUT2D eigenvalue weighted by Crippen LogP contribution is 2.30. The summed E-state index contributed by atoms with van der Waals surface area (Å²) in [6, 6.07) is 10.1. The molecule has 0 amide bonds. The number of carbonyl (C=O) groups is 1. The van der Waals surface area contributed by atoms with Crippen LogP contribution in [-0.4, -0.2) is 16.1 Å². The fourth-order valence-corrected chi connectivity index (χ4v) is 2.48. The molecule has 2 aromatic carbocycles. The third-order valence-corrected chi connectivity index (χ3v) is 3.96. The van der Waals surface area contributed by atoms with E-state index in [-0.39, 0.29) is 10.9 Å². The van der Waals surface area contributed by atoms with Gasteiger partial charge in [-0.3, -0.25) is 0 Å². The summed E-state index contributed by atoms with van der Waals surface area (Å²) in [6.07, 6.45) is 0. The lowest BCUT2D eigenvalue weighted by Crippen LogP contribution is -2.00. The highest BCUT2D eigenvalue weighted by atomic mass is 35.5. The Morgan fingerprint density at radius 1 is 1.05 bits per heavy atom. The highest BCUT2D eigenvalue weighted by molar-refractivity contribution is 6.42. The Hall–Kier alpha value is -2.17. The standard InChI is InChI=1S/C16H8Cl2FNO2/c17-12-3-1-8(5-13(12)18)15-7-11(16(21)22)10-6-9(19)2-4-14(10)20-15/h1-7H,(H,21,22). The quantitative estimate of drug-likeness (QED) is 0.713. The Kier molecular flexibility index (Phi) is 3.72. The summed E-state index contributed by atoms with van der Waals surface area (Å²) < 4.78 is 13.3. The van der Waals surface area contributed by atoms with Crippen molar-refractivity contribution in [3.63, 3.8) is 0 Å². The van der Waals surface area contributed by atoms with Crippen LogP contribution >= 0.6 is 23.2 Å². The van der Waals surface area contributed by atoms with Crippen LogP contribution < -0.4 is 0 Å². The predicted octanol–water partition coefficient (Wildman–Crippen LogP) is 5.05. The van der Waals surface area contributed by atoms with E-state index in [1.54, 1.807) is 18.2 Å². The van der Waals surface area contributed by atoms with Crippen LogP contribution in [0.3, 0.4) is 0 Å². The summed E-state index contributed by atoms with van der Waals surface area (Å²) in [4.78, 5) is 15.8. The summed E-state index contributed by atoms with van der Waals surface area (Å²) >= 11 is 11.9. The maximum Gasteiger partial charge on any atom is 0.336 e. The number of benzene rings is 2. The zero-order valence-electron chi connectivity index (χ0n) is 11.0. The van der Waals surface area contributed by atoms with Crippen molar-refractivity contribution >= 4 is 40.1 Å². The van der Waals surface area contributed by atoms with E-state index in [1.807, 2.05) is 0 Å². The zero-order chi connectivity index (χ0) is 15.9. The first-order valence-corrected chi connectivity index (χ1v) is 7.00. The molecule has 0 spiro atoms. The normalized spacial score (nSPS) is 10.9. The molecule has 0 saturated heterocycles. The second-order valence-corrected chi connectivity index (χ2v) is 5.46. The minimum absolute atomic E-state index is 0.0226. The van der Waals surface area contributed by atoms with Crippen LogP contribution in [-0.2, 0) is 0 Å². The van der Waals surface area contributed by atoms with Gasteiger partial charge in [0.2, 0.25) is 0 Å². The first-order valence-electron chi connectivity index (χ1n) is 6.25. The van der Waals surface area contributed by atoms with Gasteiger partial charge < -0.3 is 5.11 Å². The number of aromatic carboxylic acids is 1. The molecule has 0 aliphatic rings. The number of nitrogens with zero attached hydrogens (tertiary/aromatic N) is 1. The summed E-state index contributed by atoms with van der Waals surface area (Å²) in [5, 5.41) is 10.3. The van der Waals surface area contributed by atoms with E-state index < -0.39 is 11.8 Å². The summed E-state index contributed by atoms with van der Waals surface area (Å²) in [5.74, 6) is -1.67. The lowest BCUT2D eigenvalue weighted by Gasteiger charge is -2.08. The number of carboxylic acid groups (broad SMARTS) is 1. The van der Waals surface area contributed by atoms with Gasteiger partial charge in [0, 0.05) is 10.9 Å². The molecule has 0 unspecified atom stereocenters. The van der Waals surface area contributed by atoms with Crippen LogP contribution in [0.15, 0.2) is 42.5 Å². The predicted molar refractivity (Wildman–Crippen MR) is 84.1 cm³/mol. The number of hydrogen-bond acceptors (Lipinski definition) is 2. The van der Waals surface area contributed by atoms with Gasteiger partial charge in [0.25, 0.3) is 0 Å². The Labute approximate surface area is 134 Å². The van der Waals surface area contributed by atoms with Crippen LogP contribution in [0.5, 0.6) is 0 Å². The van der Waals surface area contributed by atoms with Gasteiger partial charge in [-0.05, 0) is 36.4 Å². The maximum atomic E-state index is 13.3. The molecule has 1 N–H and O–H groups in total. The van der Waals surface area contributed by atoms with Crippen molar-refractivity contribution in [2.75, 3.05) is 0 Å².